The zero-order valence-electron chi connectivity index (χ0n) is 11.4. The Hall–Kier alpha value is -2.43. The molecule has 0 N–H and O–H groups in total. The minimum absolute atomic E-state index is 0.288. The number of carbonyl (C=O) groups is 3. The second kappa shape index (κ2) is 3.81. The molecule has 1 aliphatic carbocycles. The SMILES string of the molecule is C[C@]12C=C[C@H](OC1=O)[C@H]1C(=O)N(c3ccccc3)C(=O)[C@H]12. The summed E-state index contributed by atoms with van der Waals surface area (Å²) < 4.78 is 5.28. The van der Waals surface area contributed by atoms with E-state index < -0.39 is 29.3 Å². The second-order valence-electron chi connectivity index (χ2n) is 5.86. The predicted octanol–water partition coefficient (Wildman–Crippen LogP) is 1.29. The molecule has 106 valence electrons. The molecule has 2 bridgehead atoms. The van der Waals surface area contributed by atoms with Gasteiger partial charge in [-0.3, -0.25) is 14.4 Å². The maximum absolute atomic E-state index is 12.8. The normalized spacial score (nSPS) is 36.9. The number of benzene rings is 1. The van der Waals surface area contributed by atoms with Gasteiger partial charge in [-0.25, -0.2) is 4.90 Å². The first kappa shape index (κ1) is 12.3. The van der Waals surface area contributed by atoms with Crippen LogP contribution in [0.3, 0.4) is 0 Å². The molecule has 5 heteroatoms. The fourth-order valence-electron chi connectivity index (χ4n) is 3.56. The van der Waals surface area contributed by atoms with Crippen molar-refractivity contribution in [1.82, 2.24) is 0 Å². The van der Waals surface area contributed by atoms with E-state index in [1.165, 1.54) is 4.90 Å². The molecule has 5 rings (SSSR count). The highest BCUT2D eigenvalue weighted by molar-refractivity contribution is 6.24. The molecule has 0 unspecified atom stereocenters. The monoisotopic (exact) mass is 283 g/mol. The van der Waals surface area contributed by atoms with Crippen molar-refractivity contribution in [2.75, 3.05) is 4.90 Å². The van der Waals surface area contributed by atoms with Crippen LogP contribution in [0.4, 0.5) is 5.69 Å². The maximum Gasteiger partial charge on any atom is 0.317 e. The summed E-state index contributed by atoms with van der Waals surface area (Å²) in [5.74, 6) is -2.30. The summed E-state index contributed by atoms with van der Waals surface area (Å²) in [5, 5.41) is 0. The molecule has 5 nitrogen and oxygen atoms in total. The van der Waals surface area contributed by atoms with E-state index in [-0.39, 0.29) is 11.8 Å². The topological polar surface area (TPSA) is 63.7 Å². The Labute approximate surface area is 121 Å². The first-order valence-electron chi connectivity index (χ1n) is 6.87. The van der Waals surface area contributed by atoms with Gasteiger partial charge in [0.25, 0.3) is 0 Å². The van der Waals surface area contributed by atoms with Crippen LogP contribution >= 0.6 is 0 Å². The molecule has 4 atom stereocenters. The van der Waals surface area contributed by atoms with Crippen LogP contribution in [0.2, 0.25) is 0 Å². The number of hydrogen-bond donors (Lipinski definition) is 0. The Balaban J connectivity index is 1.84. The average molecular weight is 283 g/mol. The second-order valence-corrected chi connectivity index (χ2v) is 5.86. The van der Waals surface area contributed by atoms with E-state index in [1.807, 2.05) is 6.07 Å². The molecule has 0 aromatic heterocycles. The van der Waals surface area contributed by atoms with Crippen LogP contribution in [0.5, 0.6) is 0 Å². The smallest absolute Gasteiger partial charge is 0.317 e. The molecule has 2 fully saturated rings. The Bertz CT molecular complexity index is 695. The molecule has 4 aliphatic rings. The molecule has 1 aromatic carbocycles. The van der Waals surface area contributed by atoms with E-state index in [2.05, 4.69) is 0 Å². The fourth-order valence-corrected chi connectivity index (χ4v) is 3.56. The summed E-state index contributed by atoms with van der Waals surface area (Å²) in [5.41, 5.74) is -0.507. The average Bonchev–Trinajstić information content (AvgIpc) is 2.76. The summed E-state index contributed by atoms with van der Waals surface area (Å²) in [6.07, 6.45) is 2.81. The van der Waals surface area contributed by atoms with E-state index in [1.54, 1.807) is 43.3 Å². The van der Waals surface area contributed by atoms with E-state index >= 15 is 0 Å². The van der Waals surface area contributed by atoms with Gasteiger partial charge in [0.2, 0.25) is 11.8 Å². The fraction of sp³-hybridized carbons (Fsp3) is 0.312. The highest BCUT2D eigenvalue weighted by Gasteiger charge is 2.66. The molecule has 2 amide bonds. The molecule has 3 heterocycles. The predicted molar refractivity (Wildman–Crippen MR) is 73.0 cm³/mol. The number of fused-ring (bicyclic) bond motifs is 1. The van der Waals surface area contributed by atoms with Gasteiger partial charge in [0.1, 0.15) is 6.10 Å². The van der Waals surface area contributed by atoms with Crippen LogP contribution in [-0.4, -0.2) is 23.9 Å². The van der Waals surface area contributed by atoms with Gasteiger partial charge in [0.15, 0.2) is 0 Å². The molecule has 0 spiro atoms. The molecule has 1 aromatic rings. The highest BCUT2D eigenvalue weighted by atomic mass is 16.5. The molecule has 0 radical (unpaired) electrons. The summed E-state index contributed by atoms with van der Waals surface area (Å²) in [4.78, 5) is 38.7. The minimum Gasteiger partial charge on any atom is -0.457 e. The Morgan fingerprint density at radius 1 is 1.10 bits per heavy atom. The van der Waals surface area contributed by atoms with Crippen LogP contribution in [0.25, 0.3) is 0 Å². The number of esters is 1. The van der Waals surface area contributed by atoms with E-state index in [9.17, 15) is 14.4 Å². The molecule has 3 aliphatic heterocycles. The number of carbonyl (C=O) groups excluding carboxylic acids is 3. The van der Waals surface area contributed by atoms with Crippen molar-refractivity contribution >= 4 is 23.5 Å². The number of nitrogens with zero attached hydrogens (tertiary/aromatic N) is 1. The van der Waals surface area contributed by atoms with E-state index in [4.69, 9.17) is 4.74 Å². The summed E-state index contributed by atoms with van der Waals surface area (Å²) in [7, 11) is 0. The first-order valence-corrected chi connectivity index (χ1v) is 6.87. The lowest BCUT2D eigenvalue weighted by molar-refractivity contribution is -0.178. The van der Waals surface area contributed by atoms with Crippen LogP contribution < -0.4 is 4.90 Å². The largest absolute Gasteiger partial charge is 0.457 e. The molecule has 0 saturated carbocycles. The summed E-state index contributed by atoms with van der Waals surface area (Å²) >= 11 is 0. The van der Waals surface area contributed by atoms with Crippen molar-refractivity contribution < 1.29 is 19.1 Å². The van der Waals surface area contributed by atoms with Crippen molar-refractivity contribution in [3.05, 3.63) is 42.5 Å². The Kier molecular flexibility index (Phi) is 2.24. The van der Waals surface area contributed by atoms with E-state index in [0.29, 0.717) is 5.69 Å². The molecular weight excluding hydrogens is 270 g/mol. The third-order valence-corrected chi connectivity index (χ3v) is 4.68. The number of hydrogen-bond acceptors (Lipinski definition) is 4. The van der Waals surface area contributed by atoms with Crippen LogP contribution in [0, 0.1) is 17.3 Å². The third-order valence-electron chi connectivity index (χ3n) is 4.68. The zero-order valence-corrected chi connectivity index (χ0v) is 11.4. The van der Waals surface area contributed by atoms with Crippen LogP contribution in [0.15, 0.2) is 42.5 Å². The van der Waals surface area contributed by atoms with Crippen molar-refractivity contribution in [2.24, 2.45) is 17.3 Å². The number of amides is 2. The van der Waals surface area contributed by atoms with Gasteiger partial charge in [0.05, 0.1) is 22.9 Å². The first-order chi connectivity index (χ1) is 10.0. The standard InChI is InChI=1S/C16H13NO4/c1-16-8-7-10(21-15(16)20)11-12(16)14(19)17(13(11)18)9-5-3-2-4-6-9/h2-8,10-12H,1H3/t10-,11+,12-,16+/m0/s1. The third kappa shape index (κ3) is 1.38. The molecule has 2 saturated heterocycles. The number of rotatable bonds is 1. The summed E-state index contributed by atoms with van der Waals surface area (Å²) in [6.45, 7) is 1.67. The lowest BCUT2D eigenvalue weighted by Gasteiger charge is -2.43. The Morgan fingerprint density at radius 3 is 2.48 bits per heavy atom. The van der Waals surface area contributed by atoms with Gasteiger partial charge in [-0.1, -0.05) is 24.3 Å². The number of imide groups is 1. The molecular formula is C16H13NO4. The van der Waals surface area contributed by atoms with Crippen LogP contribution in [0.1, 0.15) is 6.92 Å². The number of ether oxygens (including phenoxy) is 1. The highest BCUT2D eigenvalue weighted by Crippen LogP contribution is 2.52. The minimum atomic E-state index is -1.05. The van der Waals surface area contributed by atoms with Crippen molar-refractivity contribution in [3.63, 3.8) is 0 Å². The lowest BCUT2D eigenvalue weighted by atomic mass is 9.64. The number of para-hydroxylation sites is 1. The van der Waals surface area contributed by atoms with E-state index in [0.717, 1.165) is 0 Å². The Morgan fingerprint density at radius 2 is 1.81 bits per heavy atom. The quantitative estimate of drug-likeness (QED) is 0.442. The van der Waals surface area contributed by atoms with Gasteiger partial charge in [-0.2, -0.15) is 0 Å². The van der Waals surface area contributed by atoms with Gasteiger partial charge in [0, 0.05) is 0 Å². The van der Waals surface area contributed by atoms with Crippen molar-refractivity contribution in [2.45, 2.75) is 13.0 Å². The van der Waals surface area contributed by atoms with Gasteiger partial charge in [-0.05, 0) is 25.1 Å². The maximum atomic E-state index is 12.8. The lowest BCUT2D eigenvalue weighted by Crippen LogP contribution is -2.54. The number of anilines is 1. The van der Waals surface area contributed by atoms with Gasteiger partial charge in [-0.15, -0.1) is 0 Å². The summed E-state index contributed by atoms with van der Waals surface area (Å²) in [6, 6.07) is 8.80. The van der Waals surface area contributed by atoms with Crippen molar-refractivity contribution in [1.29, 1.82) is 0 Å². The zero-order chi connectivity index (χ0) is 14.8. The van der Waals surface area contributed by atoms with Crippen LogP contribution in [-0.2, 0) is 19.1 Å². The van der Waals surface area contributed by atoms with Gasteiger partial charge >= 0.3 is 5.97 Å². The molecule has 21 heavy (non-hydrogen) atoms. The van der Waals surface area contributed by atoms with Gasteiger partial charge < -0.3 is 4.74 Å². The van der Waals surface area contributed by atoms with Crippen molar-refractivity contribution in [3.8, 4) is 0 Å².